The van der Waals surface area contributed by atoms with E-state index in [1.54, 1.807) is 0 Å². The maximum absolute atomic E-state index is 11.3. The van der Waals surface area contributed by atoms with E-state index in [9.17, 15) is 4.79 Å². The van der Waals surface area contributed by atoms with Crippen LogP contribution in [0.15, 0.2) is 28.7 Å². The van der Waals surface area contributed by atoms with Crippen LogP contribution in [-0.2, 0) is 20.9 Å². The number of esters is 1. The van der Waals surface area contributed by atoms with Gasteiger partial charge in [0.25, 0.3) is 0 Å². The van der Waals surface area contributed by atoms with Gasteiger partial charge >= 0.3 is 5.97 Å². The van der Waals surface area contributed by atoms with Crippen molar-refractivity contribution in [2.75, 3.05) is 19.8 Å². The molecule has 0 unspecified atom stereocenters. The SMILES string of the molecule is NCCOCCC(=O)OCc1ccccc1Br. The molecule has 0 spiro atoms. The molecule has 0 aromatic heterocycles. The van der Waals surface area contributed by atoms with Crippen LogP contribution in [-0.4, -0.2) is 25.7 Å². The summed E-state index contributed by atoms with van der Waals surface area (Å²) in [7, 11) is 0. The smallest absolute Gasteiger partial charge is 0.308 e. The van der Waals surface area contributed by atoms with Gasteiger partial charge in [-0.05, 0) is 6.07 Å². The molecule has 0 heterocycles. The number of hydrogen-bond donors (Lipinski definition) is 1. The van der Waals surface area contributed by atoms with Gasteiger partial charge in [-0.15, -0.1) is 0 Å². The molecule has 0 aliphatic heterocycles. The van der Waals surface area contributed by atoms with Crippen molar-refractivity contribution >= 4 is 21.9 Å². The summed E-state index contributed by atoms with van der Waals surface area (Å²) in [5.41, 5.74) is 6.20. The molecule has 5 heteroatoms. The highest BCUT2D eigenvalue weighted by Gasteiger charge is 2.05. The third-order valence-electron chi connectivity index (χ3n) is 2.06. The lowest BCUT2D eigenvalue weighted by Crippen LogP contribution is -2.12. The van der Waals surface area contributed by atoms with Crippen molar-refractivity contribution in [2.24, 2.45) is 5.73 Å². The summed E-state index contributed by atoms with van der Waals surface area (Å²) in [5.74, 6) is -0.266. The quantitative estimate of drug-likeness (QED) is 0.617. The highest BCUT2D eigenvalue weighted by atomic mass is 79.9. The van der Waals surface area contributed by atoms with E-state index in [0.717, 1.165) is 10.0 Å². The molecular weight excluding hydrogens is 286 g/mol. The summed E-state index contributed by atoms with van der Waals surface area (Å²) >= 11 is 3.39. The van der Waals surface area contributed by atoms with Crippen molar-refractivity contribution in [1.82, 2.24) is 0 Å². The number of nitrogens with two attached hydrogens (primary N) is 1. The molecule has 1 rings (SSSR count). The molecule has 17 heavy (non-hydrogen) atoms. The van der Waals surface area contributed by atoms with Gasteiger partial charge in [0.2, 0.25) is 0 Å². The first-order chi connectivity index (χ1) is 8.24. The van der Waals surface area contributed by atoms with Crippen molar-refractivity contribution < 1.29 is 14.3 Å². The van der Waals surface area contributed by atoms with Gasteiger partial charge in [-0.25, -0.2) is 0 Å². The number of hydrogen-bond acceptors (Lipinski definition) is 4. The van der Waals surface area contributed by atoms with Crippen molar-refractivity contribution in [1.29, 1.82) is 0 Å². The Kier molecular flexibility index (Phi) is 6.84. The van der Waals surface area contributed by atoms with Crippen molar-refractivity contribution in [3.05, 3.63) is 34.3 Å². The molecule has 0 amide bonds. The highest BCUT2D eigenvalue weighted by molar-refractivity contribution is 9.10. The van der Waals surface area contributed by atoms with Gasteiger partial charge in [-0.1, -0.05) is 34.1 Å². The summed E-state index contributed by atoms with van der Waals surface area (Å²) in [4.78, 5) is 11.3. The van der Waals surface area contributed by atoms with Crippen LogP contribution in [0.4, 0.5) is 0 Å². The van der Waals surface area contributed by atoms with Crippen LogP contribution in [0, 0.1) is 0 Å². The predicted octanol–water partition coefficient (Wildman–Crippen LogP) is 1.86. The fourth-order valence-corrected chi connectivity index (χ4v) is 1.59. The molecule has 4 nitrogen and oxygen atoms in total. The fraction of sp³-hybridized carbons (Fsp3) is 0.417. The first-order valence-corrected chi connectivity index (χ1v) is 6.20. The van der Waals surface area contributed by atoms with Crippen LogP contribution in [0.25, 0.3) is 0 Å². The average molecular weight is 302 g/mol. The Hall–Kier alpha value is -0.910. The molecule has 0 radical (unpaired) electrons. The average Bonchev–Trinajstić information content (AvgIpc) is 2.34. The Bertz CT molecular complexity index is 357. The molecule has 0 aliphatic carbocycles. The second-order valence-corrected chi connectivity index (χ2v) is 4.26. The molecule has 0 fully saturated rings. The lowest BCUT2D eigenvalue weighted by molar-refractivity contribution is -0.146. The lowest BCUT2D eigenvalue weighted by Gasteiger charge is -2.06. The van der Waals surface area contributed by atoms with Crippen molar-refractivity contribution in [3.63, 3.8) is 0 Å². The minimum atomic E-state index is -0.266. The van der Waals surface area contributed by atoms with Crippen LogP contribution in [0.3, 0.4) is 0 Å². The number of benzene rings is 1. The Labute approximate surface area is 109 Å². The second kappa shape index (κ2) is 8.22. The maximum Gasteiger partial charge on any atom is 0.308 e. The molecule has 1 aromatic carbocycles. The van der Waals surface area contributed by atoms with Crippen LogP contribution < -0.4 is 5.73 Å². The molecule has 0 aliphatic rings. The Morgan fingerprint density at radius 3 is 2.76 bits per heavy atom. The predicted molar refractivity (Wildman–Crippen MR) is 68.4 cm³/mol. The topological polar surface area (TPSA) is 61.5 Å². The minimum absolute atomic E-state index is 0.254. The van der Waals surface area contributed by atoms with Gasteiger partial charge < -0.3 is 15.2 Å². The standard InChI is InChI=1S/C12H16BrNO3/c13-11-4-2-1-3-10(11)9-17-12(15)5-7-16-8-6-14/h1-4H,5-9,14H2. The van der Waals surface area contributed by atoms with Crippen molar-refractivity contribution in [2.45, 2.75) is 13.0 Å². The first kappa shape index (κ1) is 14.2. The van der Waals surface area contributed by atoms with Crippen molar-refractivity contribution in [3.8, 4) is 0 Å². The fourth-order valence-electron chi connectivity index (χ4n) is 1.19. The Balaban J connectivity index is 2.22. The third-order valence-corrected chi connectivity index (χ3v) is 2.83. The lowest BCUT2D eigenvalue weighted by atomic mass is 10.2. The van der Waals surface area contributed by atoms with Gasteiger partial charge in [0, 0.05) is 16.6 Å². The molecule has 1 aromatic rings. The van der Waals surface area contributed by atoms with Crippen LogP contribution in [0.1, 0.15) is 12.0 Å². The van der Waals surface area contributed by atoms with Gasteiger partial charge in [0.05, 0.1) is 19.6 Å². The van der Waals surface area contributed by atoms with Crippen LogP contribution in [0.5, 0.6) is 0 Å². The Morgan fingerprint density at radius 2 is 2.06 bits per heavy atom. The van der Waals surface area contributed by atoms with Gasteiger partial charge in [-0.3, -0.25) is 4.79 Å². The maximum atomic E-state index is 11.3. The molecule has 0 atom stereocenters. The van der Waals surface area contributed by atoms with E-state index in [0.29, 0.717) is 19.8 Å². The second-order valence-electron chi connectivity index (χ2n) is 3.40. The number of halogens is 1. The summed E-state index contributed by atoms with van der Waals surface area (Å²) in [6.07, 6.45) is 0.254. The summed E-state index contributed by atoms with van der Waals surface area (Å²) in [6, 6.07) is 7.63. The van der Waals surface area contributed by atoms with Gasteiger partial charge in [0.15, 0.2) is 0 Å². The zero-order chi connectivity index (χ0) is 12.5. The highest BCUT2D eigenvalue weighted by Crippen LogP contribution is 2.16. The van der Waals surface area contributed by atoms with E-state index in [1.807, 2.05) is 24.3 Å². The summed E-state index contributed by atoms with van der Waals surface area (Å²) in [5, 5.41) is 0. The van der Waals surface area contributed by atoms with E-state index in [4.69, 9.17) is 15.2 Å². The molecule has 2 N–H and O–H groups in total. The Morgan fingerprint density at radius 1 is 1.29 bits per heavy atom. The monoisotopic (exact) mass is 301 g/mol. The minimum Gasteiger partial charge on any atom is -0.461 e. The number of carbonyl (C=O) groups is 1. The van der Waals surface area contributed by atoms with E-state index < -0.39 is 0 Å². The molecule has 0 saturated heterocycles. The van der Waals surface area contributed by atoms with Crippen LogP contribution >= 0.6 is 15.9 Å². The normalized spacial score (nSPS) is 10.2. The molecule has 0 bridgehead atoms. The number of ether oxygens (including phenoxy) is 2. The summed E-state index contributed by atoms with van der Waals surface area (Å²) in [6.45, 7) is 1.56. The number of carbonyl (C=O) groups excluding carboxylic acids is 1. The van der Waals surface area contributed by atoms with Crippen LogP contribution in [0.2, 0.25) is 0 Å². The zero-order valence-corrected chi connectivity index (χ0v) is 11.1. The van der Waals surface area contributed by atoms with Gasteiger partial charge in [-0.2, -0.15) is 0 Å². The van der Waals surface area contributed by atoms with E-state index in [-0.39, 0.29) is 19.0 Å². The molecular formula is C12H16BrNO3. The first-order valence-electron chi connectivity index (χ1n) is 5.41. The largest absolute Gasteiger partial charge is 0.461 e. The molecule has 0 saturated carbocycles. The third kappa shape index (κ3) is 5.81. The number of rotatable bonds is 7. The van der Waals surface area contributed by atoms with E-state index >= 15 is 0 Å². The summed E-state index contributed by atoms with van der Waals surface area (Å²) < 4.78 is 11.1. The van der Waals surface area contributed by atoms with E-state index in [1.165, 1.54) is 0 Å². The van der Waals surface area contributed by atoms with Gasteiger partial charge in [0.1, 0.15) is 6.61 Å². The zero-order valence-electron chi connectivity index (χ0n) is 9.52. The van der Waals surface area contributed by atoms with E-state index in [2.05, 4.69) is 15.9 Å². The molecule has 94 valence electrons.